The van der Waals surface area contributed by atoms with Gasteiger partial charge in [0, 0.05) is 5.56 Å². The van der Waals surface area contributed by atoms with Crippen molar-refractivity contribution < 1.29 is 23.7 Å². The number of aliphatic imine (C=N–C) groups is 1. The van der Waals surface area contributed by atoms with E-state index in [2.05, 4.69) is 11.9 Å². The predicted molar refractivity (Wildman–Crippen MR) is 112 cm³/mol. The number of aryl methyl sites for hydroxylation is 1. The summed E-state index contributed by atoms with van der Waals surface area (Å²) in [5, 5.41) is 0. The van der Waals surface area contributed by atoms with Crippen LogP contribution in [0.3, 0.4) is 0 Å². The summed E-state index contributed by atoms with van der Waals surface area (Å²) in [4.78, 5) is 16.7. The number of cyclic esters (lactones) is 1. The third kappa shape index (κ3) is 4.59. The Labute approximate surface area is 170 Å². The van der Waals surface area contributed by atoms with Gasteiger partial charge in [0.15, 0.2) is 17.2 Å². The SMILES string of the molecule is CCCCc1ccc(C2=N/C(=C/c3cc(OC)c(OC)c(OC)c3)C(=O)O2)cc1. The highest BCUT2D eigenvalue weighted by Crippen LogP contribution is 2.39. The van der Waals surface area contributed by atoms with Gasteiger partial charge in [0.25, 0.3) is 0 Å². The average Bonchev–Trinajstić information content (AvgIpc) is 3.11. The summed E-state index contributed by atoms with van der Waals surface area (Å²) in [7, 11) is 4.62. The van der Waals surface area contributed by atoms with Gasteiger partial charge in [-0.25, -0.2) is 9.79 Å². The van der Waals surface area contributed by atoms with Crippen LogP contribution in [-0.2, 0) is 16.0 Å². The monoisotopic (exact) mass is 395 g/mol. The van der Waals surface area contributed by atoms with Crippen LogP contribution < -0.4 is 14.2 Å². The Morgan fingerprint density at radius 3 is 2.21 bits per heavy atom. The van der Waals surface area contributed by atoms with Gasteiger partial charge in [-0.05, 0) is 54.3 Å². The summed E-state index contributed by atoms with van der Waals surface area (Å²) in [5.41, 5.74) is 2.93. The zero-order chi connectivity index (χ0) is 20.8. The fraction of sp³-hybridized carbons (Fsp3) is 0.304. The van der Waals surface area contributed by atoms with E-state index in [-0.39, 0.29) is 5.70 Å². The predicted octanol–water partition coefficient (Wildman–Crippen LogP) is 4.40. The molecule has 1 aliphatic heterocycles. The molecule has 0 bridgehead atoms. The summed E-state index contributed by atoms with van der Waals surface area (Å²) in [6.07, 6.45) is 4.98. The molecule has 152 valence electrons. The first-order valence-corrected chi connectivity index (χ1v) is 9.51. The number of benzene rings is 2. The highest BCUT2D eigenvalue weighted by atomic mass is 16.6. The largest absolute Gasteiger partial charge is 0.493 e. The van der Waals surface area contributed by atoms with Gasteiger partial charge in [0.05, 0.1) is 21.3 Å². The molecule has 0 amide bonds. The van der Waals surface area contributed by atoms with E-state index in [1.165, 1.54) is 12.7 Å². The Balaban J connectivity index is 1.88. The molecule has 0 radical (unpaired) electrons. The zero-order valence-corrected chi connectivity index (χ0v) is 17.2. The molecule has 1 aliphatic rings. The van der Waals surface area contributed by atoms with Crippen LogP contribution in [0.2, 0.25) is 0 Å². The molecule has 2 aromatic rings. The Morgan fingerprint density at radius 1 is 1.00 bits per heavy atom. The molecule has 0 N–H and O–H groups in total. The lowest BCUT2D eigenvalue weighted by molar-refractivity contribution is -0.129. The zero-order valence-electron chi connectivity index (χ0n) is 17.2. The minimum atomic E-state index is -0.496. The van der Waals surface area contributed by atoms with Gasteiger partial charge in [-0.1, -0.05) is 25.5 Å². The maximum Gasteiger partial charge on any atom is 0.363 e. The summed E-state index contributed by atoms with van der Waals surface area (Å²) in [6, 6.07) is 11.4. The van der Waals surface area contributed by atoms with Gasteiger partial charge in [-0.15, -0.1) is 0 Å². The van der Waals surface area contributed by atoms with Crippen molar-refractivity contribution in [3.8, 4) is 17.2 Å². The molecule has 1 heterocycles. The third-order valence-corrected chi connectivity index (χ3v) is 4.63. The third-order valence-electron chi connectivity index (χ3n) is 4.63. The van der Waals surface area contributed by atoms with Gasteiger partial charge in [0.2, 0.25) is 11.6 Å². The highest BCUT2D eigenvalue weighted by molar-refractivity contribution is 6.12. The van der Waals surface area contributed by atoms with Crippen molar-refractivity contribution in [1.29, 1.82) is 0 Å². The van der Waals surface area contributed by atoms with Crippen molar-refractivity contribution in [2.24, 2.45) is 4.99 Å². The van der Waals surface area contributed by atoms with Crippen molar-refractivity contribution in [3.05, 3.63) is 58.8 Å². The average molecular weight is 395 g/mol. The lowest BCUT2D eigenvalue weighted by atomic mass is 10.1. The van der Waals surface area contributed by atoms with Crippen LogP contribution in [0.15, 0.2) is 47.1 Å². The van der Waals surface area contributed by atoms with Crippen LogP contribution >= 0.6 is 0 Å². The summed E-state index contributed by atoms with van der Waals surface area (Å²) >= 11 is 0. The second kappa shape index (κ2) is 9.28. The first-order chi connectivity index (χ1) is 14.1. The van der Waals surface area contributed by atoms with Gasteiger partial charge in [-0.2, -0.15) is 0 Å². The van der Waals surface area contributed by atoms with E-state index in [0.29, 0.717) is 28.7 Å². The number of hydrogen-bond acceptors (Lipinski definition) is 6. The molecule has 6 nitrogen and oxygen atoms in total. The number of rotatable bonds is 8. The fourth-order valence-corrected chi connectivity index (χ4v) is 3.07. The van der Waals surface area contributed by atoms with Gasteiger partial charge >= 0.3 is 5.97 Å². The Hall–Kier alpha value is -3.28. The van der Waals surface area contributed by atoms with E-state index < -0.39 is 5.97 Å². The molecule has 29 heavy (non-hydrogen) atoms. The number of methoxy groups -OCH3 is 3. The molecule has 0 aliphatic carbocycles. The van der Waals surface area contributed by atoms with Crippen molar-refractivity contribution in [1.82, 2.24) is 0 Å². The van der Waals surface area contributed by atoms with Crippen LogP contribution in [-0.4, -0.2) is 33.2 Å². The molecule has 0 spiro atoms. The Morgan fingerprint density at radius 2 is 1.66 bits per heavy atom. The smallest absolute Gasteiger partial charge is 0.363 e. The minimum absolute atomic E-state index is 0.212. The standard InChI is InChI=1S/C23H25NO5/c1-5-6-7-15-8-10-17(11-9-15)22-24-18(23(25)29-22)12-16-13-19(26-2)21(28-4)20(14-16)27-3/h8-14H,5-7H2,1-4H3/b18-12+. The van der Waals surface area contributed by atoms with Crippen molar-refractivity contribution in [2.75, 3.05) is 21.3 Å². The number of nitrogens with zero attached hydrogens (tertiary/aromatic N) is 1. The van der Waals surface area contributed by atoms with E-state index in [1.54, 1.807) is 32.4 Å². The first-order valence-electron chi connectivity index (χ1n) is 9.51. The van der Waals surface area contributed by atoms with Gasteiger partial charge < -0.3 is 18.9 Å². The maximum absolute atomic E-state index is 12.3. The maximum atomic E-state index is 12.3. The first kappa shape index (κ1) is 20.5. The number of carbonyl (C=O) groups excluding carboxylic acids is 1. The van der Waals surface area contributed by atoms with Crippen LogP contribution in [0.1, 0.15) is 36.5 Å². The number of ether oxygens (including phenoxy) is 4. The molecule has 0 saturated carbocycles. The topological polar surface area (TPSA) is 66.3 Å². The van der Waals surface area contributed by atoms with E-state index >= 15 is 0 Å². The molecule has 0 unspecified atom stereocenters. The second-order valence-electron chi connectivity index (χ2n) is 6.60. The fourth-order valence-electron chi connectivity index (χ4n) is 3.07. The molecule has 0 aromatic heterocycles. The molecule has 3 rings (SSSR count). The number of esters is 1. The van der Waals surface area contributed by atoms with E-state index in [9.17, 15) is 4.79 Å². The van der Waals surface area contributed by atoms with Crippen LogP contribution in [0.4, 0.5) is 0 Å². The van der Waals surface area contributed by atoms with Gasteiger partial charge in [0.1, 0.15) is 0 Å². The summed E-state index contributed by atoms with van der Waals surface area (Å²) in [6.45, 7) is 2.17. The molecule has 6 heteroatoms. The molecular weight excluding hydrogens is 370 g/mol. The number of hydrogen-bond donors (Lipinski definition) is 0. The number of unbranched alkanes of at least 4 members (excludes halogenated alkanes) is 1. The molecule has 0 fully saturated rings. The molecule has 0 saturated heterocycles. The van der Waals surface area contributed by atoms with Crippen LogP contribution in [0.25, 0.3) is 6.08 Å². The van der Waals surface area contributed by atoms with Crippen molar-refractivity contribution in [3.63, 3.8) is 0 Å². The van der Waals surface area contributed by atoms with E-state index in [0.717, 1.165) is 24.8 Å². The molecule has 2 aromatic carbocycles. The van der Waals surface area contributed by atoms with Gasteiger partial charge in [-0.3, -0.25) is 0 Å². The Kier molecular flexibility index (Phi) is 6.54. The molecular formula is C23H25NO5. The normalized spacial score (nSPS) is 14.6. The summed E-state index contributed by atoms with van der Waals surface area (Å²) < 4.78 is 21.4. The van der Waals surface area contributed by atoms with Crippen molar-refractivity contribution >= 4 is 17.9 Å². The van der Waals surface area contributed by atoms with Crippen LogP contribution in [0, 0.1) is 0 Å². The number of carbonyl (C=O) groups is 1. The molecule has 0 atom stereocenters. The second-order valence-corrected chi connectivity index (χ2v) is 6.60. The highest BCUT2D eigenvalue weighted by Gasteiger charge is 2.24. The van der Waals surface area contributed by atoms with E-state index in [4.69, 9.17) is 18.9 Å². The lowest BCUT2D eigenvalue weighted by Crippen LogP contribution is -2.05. The Bertz CT molecular complexity index is 919. The van der Waals surface area contributed by atoms with Crippen molar-refractivity contribution in [2.45, 2.75) is 26.2 Å². The quantitative estimate of drug-likeness (QED) is 0.490. The van der Waals surface area contributed by atoms with Crippen LogP contribution in [0.5, 0.6) is 17.2 Å². The summed E-state index contributed by atoms with van der Waals surface area (Å²) in [5.74, 6) is 1.28. The minimum Gasteiger partial charge on any atom is -0.493 e. The van der Waals surface area contributed by atoms with E-state index in [1.807, 2.05) is 24.3 Å². The lowest BCUT2D eigenvalue weighted by Gasteiger charge is -2.12.